The molecular formula is C17H12F3N3O4. The number of hydrogen-bond donors (Lipinski definition) is 3. The van der Waals surface area contributed by atoms with E-state index in [0.717, 1.165) is 12.1 Å². The van der Waals surface area contributed by atoms with Crippen molar-refractivity contribution in [2.24, 2.45) is 0 Å². The lowest BCUT2D eigenvalue weighted by Crippen LogP contribution is -2.20. The maximum atomic E-state index is 12.3. The van der Waals surface area contributed by atoms with Gasteiger partial charge in [-0.1, -0.05) is 12.1 Å². The fourth-order valence-electron chi connectivity index (χ4n) is 2.53. The van der Waals surface area contributed by atoms with Crippen LogP contribution in [0.5, 0.6) is 11.5 Å². The van der Waals surface area contributed by atoms with E-state index in [1.165, 1.54) is 30.6 Å². The molecular weight excluding hydrogens is 367 g/mol. The first-order valence-corrected chi connectivity index (χ1v) is 7.53. The fourth-order valence-corrected chi connectivity index (χ4v) is 2.53. The molecule has 0 aliphatic carbocycles. The number of nitrogens with zero attached hydrogens (tertiary/aromatic N) is 2. The van der Waals surface area contributed by atoms with Gasteiger partial charge in [0.15, 0.2) is 0 Å². The highest BCUT2D eigenvalue weighted by molar-refractivity contribution is 5.96. The Morgan fingerprint density at radius 3 is 2.33 bits per heavy atom. The van der Waals surface area contributed by atoms with E-state index in [0.29, 0.717) is 16.6 Å². The zero-order valence-electron chi connectivity index (χ0n) is 13.5. The van der Waals surface area contributed by atoms with Crippen LogP contribution in [0.2, 0.25) is 0 Å². The van der Waals surface area contributed by atoms with Gasteiger partial charge in [0.25, 0.3) is 0 Å². The molecule has 0 aliphatic heterocycles. The van der Waals surface area contributed by atoms with Crippen LogP contribution in [-0.4, -0.2) is 32.6 Å². The molecule has 1 amide bonds. The number of benzene rings is 2. The number of phenols is 1. The first-order valence-electron chi connectivity index (χ1n) is 7.53. The van der Waals surface area contributed by atoms with Crippen molar-refractivity contribution in [3.8, 4) is 22.6 Å². The summed E-state index contributed by atoms with van der Waals surface area (Å²) in [7, 11) is 0. The third kappa shape index (κ3) is 4.17. The van der Waals surface area contributed by atoms with Crippen molar-refractivity contribution in [1.29, 1.82) is 0 Å². The second kappa shape index (κ2) is 6.98. The van der Waals surface area contributed by atoms with Crippen LogP contribution in [0.1, 0.15) is 5.56 Å². The number of phenolic OH excluding ortho intramolecular Hbond substituents is 1. The second-order valence-electron chi connectivity index (χ2n) is 5.42. The van der Waals surface area contributed by atoms with E-state index in [-0.39, 0.29) is 29.1 Å². The topological polar surface area (TPSA) is 105 Å². The number of rotatable bonds is 4. The van der Waals surface area contributed by atoms with Gasteiger partial charge in [0, 0.05) is 30.1 Å². The molecule has 3 rings (SSSR count). The Hall–Kier alpha value is -3.56. The van der Waals surface area contributed by atoms with Gasteiger partial charge in [-0.25, -0.2) is 9.78 Å². The summed E-state index contributed by atoms with van der Waals surface area (Å²) in [5.41, 5.74) is 1.67. The van der Waals surface area contributed by atoms with Crippen molar-refractivity contribution in [3.63, 3.8) is 0 Å². The monoisotopic (exact) mass is 379 g/mol. The third-order valence-corrected chi connectivity index (χ3v) is 3.63. The molecule has 2 aromatic carbocycles. The minimum atomic E-state index is -4.80. The molecule has 140 valence electrons. The van der Waals surface area contributed by atoms with Gasteiger partial charge in [-0.15, -0.1) is 13.2 Å². The largest absolute Gasteiger partial charge is 0.573 e. The van der Waals surface area contributed by atoms with Crippen molar-refractivity contribution in [1.82, 2.24) is 15.3 Å². The van der Waals surface area contributed by atoms with E-state index in [9.17, 15) is 23.1 Å². The summed E-state index contributed by atoms with van der Waals surface area (Å²) in [6.07, 6.45) is -3.31. The van der Waals surface area contributed by atoms with Crippen LogP contribution in [0.3, 0.4) is 0 Å². The molecule has 3 N–H and O–H groups in total. The summed E-state index contributed by atoms with van der Waals surface area (Å²) < 4.78 is 40.7. The van der Waals surface area contributed by atoms with Gasteiger partial charge in [-0.2, -0.15) is 0 Å². The Kier molecular flexibility index (Phi) is 4.72. The fraction of sp³-hybridized carbons (Fsp3) is 0.118. The second-order valence-corrected chi connectivity index (χ2v) is 5.42. The Morgan fingerprint density at radius 1 is 1.11 bits per heavy atom. The smallest absolute Gasteiger partial charge is 0.505 e. The predicted molar refractivity (Wildman–Crippen MR) is 88.2 cm³/mol. The van der Waals surface area contributed by atoms with Gasteiger partial charge in [0.2, 0.25) is 0 Å². The Bertz CT molecular complexity index is 991. The van der Waals surface area contributed by atoms with Gasteiger partial charge >= 0.3 is 12.5 Å². The Balaban J connectivity index is 2.07. The van der Waals surface area contributed by atoms with Crippen molar-refractivity contribution in [3.05, 3.63) is 48.3 Å². The number of halogens is 3. The molecule has 1 aromatic heterocycles. The first-order chi connectivity index (χ1) is 12.7. The van der Waals surface area contributed by atoms with Crippen LogP contribution >= 0.6 is 0 Å². The zero-order valence-corrected chi connectivity index (χ0v) is 13.5. The molecule has 0 bridgehead atoms. The van der Waals surface area contributed by atoms with E-state index in [4.69, 9.17) is 5.11 Å². The van der Waals surface area contributed by atoms with Gasteiger partial charge in [-0.3, -0.25) is 4.98 Å². The molecule has 10 heteroatoms. The van der Waals surface area contributed by atoms with E-state index in [1.54, 1.807) is 0 Å². The average Bonchev–Trinajstić information content (AvgIpc) is 2.61. The summed E-state index contributed by atoms with van der Waals surface area (Å²) in [4.78, 5) is 19.0. The van der Waals surface area contributed by atoms with E-state index < -0.39 is 12.5 Å². The van der Waals surface area contributed by atoms with Crippen LogP contribution in [0.25, 0.3) is 22.2 Å². The van der Waals surface area contributed by atoms with Gasteiger partial charge in [0.1, 0.15) is 22.5 Å². The molecule has 3 aromatic rings. The van der Waals surface area contributed by atoms with Gasteiger partial charge in [-0.05, 0) is 23.8 Å². The number of hydrogen-bond acceptors (Lipinski definition) is 5. The molecule has 0 unspecified atom stereocenters. The van der Waals surface area contributed by atoms with Crippen LogP contribution in [0.4, 0.5) is 18.0 Å². The maximum absolute atomic E-state index is 12.3. The third-order valence-electron chi connectivity index (χ3n) is 3.63. The maximum Gasteiger partial charge on any atom is 0.573 e. The summed E-state index contributed by atoms with van der Waals surface area (Å²) >= 11 is 0. The Morgan fingerprint density at radius 2 is 1.74 bits per heavy atom. The standard InChI is InChI=1S/C17H12F3N3O4/c18-17(19,20)27-11-3-1-9(2-4-11)12-7-10(8-23-16(25)26)15(24)14-13(12)21-5-6-22-14/h1-7,23-24H,8H2,(H,25,26). The number of nitrogens with one attached hydrogen (secondary N) is 1. The average molecular weight is 379 g/mol. The van der Waals surface area contributed by atoms with E-state index in [1.807, 2.05) is 0 Å². The highest BCUT2D eigenvalue weighted by Gasteiger charge is 2.31. The number of carbonyl (C=O) groups is 1. The van der Waals surface area contributed by atoms with Crippen LogP contribution in [0.15, 0.2) is 42.7 Å². The number of amides is 1. The van der Waals surface area contributed by atoms with E-state index >= 15 is 0 Å². The predicted octanol–water partition coefficient (Wildman–Crippen LogP) is 3.67. The molecule has 7 nitrogen and oxygen atoms in total. The molecule has 1 heterocycles. The number of ether oxygens (including phenoxy) is 1. The summed E-state index contributed by atoms with van der Waals surface area (Å²) in [6.45, 7) is -0.185. The number of aromatic hydroxyl groups is 1. The number of alkyl halides is 3. The molecule has 0 spiro atoms. The van der Waals surface area contributed by atoms with Crippen molar-refractivity contribution in [2.45, 2.75) is 12.9 Å². The van der Waals surface area contributed by atoms with E-state index in [2.05, 4.69) is 20.0 Å². The molecule has 0 saturated carbocycles. The van der Waals surface area contributed by atoms with Gasteiger partial charge in [0.05, 0.1) is 0 Å². The number of aromatic nitrogens is 2. The molecule has 0 saturated heterocycles. The molecule has 0 radical (unpaired) electrons. The van der Waals surface area contributed by atoms with Crippen molar-refractivity contribution >= 4 is 17.1 Å². The summed E-state index contributed by atoms with van der Waals surface area (Å²) in [5, 5.41) is 21.2. The number of fused-ring (bicyclic) bond motifs is 1. The lowest BCUT2D eigenvalue weighted by molar-refractivity contribution is -0.274. The quantitative estimate of drug-likeness (QED) is 0.639. The highest BCUT2D eigenvalue weighted by atomic mass is 19.4. The van der Waals surface area contributed by atoms with Crippen LogP contribution in [-0.2, 0) is 6.54 Å². The Labute approximate surface area is 150 Å². The van der Waals surface area contributed by atoms with Crippen molar-refractivity contribution in [2.75, 3.05) is 0 Å². The summed E-state index contributed by atoms with van der Waals surface area (Å²) in [6, 6.07) is 6.59. The lowest BCUT2D eigenvalue weighted by Gasteiger charge is -2.13. The molecule has 0 atom stereocenters. The first kappa shape index (κ1) is 18.2. The SMILES string of the molecule is O=C(O)NCc1cc(-c2ccc(OC(F)(F)F)cc2)c2nccnc2c1O. The highest BCUT2D eigenvalue weighted by Crippen LogP contribution is 2.35. The molecule has 0 aliphatic rings. The minimum Gasteiger partial charge on any atom is -0.505 e. The summed E-state index contributed by atoms with van der Waals surface area (Å²) in [5.74, 6) is -0.610. The zero-order chi connectivity index (χ0) is 19.6. The minimum absolute atomic E-state index is 0.146. The molecule has 0 fully saturated rings. The van der Waals surface area contributed by atoms with Gasteiger partial charge < -0.3 is 20.3 Å². The normalized spacial score (nSPS) is 11.4. The molecule has 27 heavy (non-hydrogen) atoms. The van der Waals surface area contributed by atoms with Crippen molar-refractivity contribution < 1.29 is 32.9 Å². The van der Waals surface area contributed by atoms with Crippen LogP contribution in [0, 0.1) is 0 Å². The van der Waals surface area contributed by atoms with Crippen LogP contribution < -0.4 is 10.1 Å². The number of carboxylic acid groups (broad SMARTS) is 1. The lowest BCUT2D eigenvalue weighted by atomic mass is 9.99.